The number of nitrogens with zero attached hydrogens (tertiary/aromatic N) is 3. The SMILES string of the molecule is Cn1nccc1-c1ccc2c(c1)CN(C(CN)Cc1cccc(F)c1)C2=O. The Balaban J connectivity index is 1.59. The summed E-state index contributed by atoms with van der Waals surface area (Å²) in [6, 6.07) is 14.1. The van der Waals surface area contributed by atoms with Gasteiger partial charge in [-0.2, -0.15) is 5.10 Å². The first kappa shape index (κ1) is 17.4. The van der Waals surface area contributed by atoms with E-state index in [0.717, 1.165) is 22.4 Å². The zero-order valence-corrected chi connectivity index (χ0v) is 15.1. The second kappa shape index (κ2) is 6.96. The van der Waals surface area contributed by atoms with E-state index in [1.54, 1.807) is 17.2 Å². The number of aryl methyl sites for hydroxylation is 1. The highest BCUT2D eigenvalue weighted by atomic mass is 19.1. The molecule has 0 aliphatic carbocycles. The highest BCUT2D eigenvalue weighted by Gasteiger charge is 2.32. The zero-order valence-electron chi connectivity index (χ0n) is 15.1. The molecule has 6 heteroatoms. The van der Waals surface area contributed by atoms with Crippen LogP contribution in [0.5, 0.6) is 0 Å². The van der Waals surface area contributed by atoms with Crippen molar-refractivity contribution in [3.8, 4) is 11.3 Å². The van der Waals surface area contributed by atoms with Crippen molar-refractivity contribution >= 4 is 5.91 Å². The van der Waals surface area contributed by atoms with E-state index in [1.807, 2.05) is 42.1 Å². The van der Waals surface area contributed by atoms with Gasteiger partial charge in [0.25, 0.3) is 5.91 Å². The fourth-order valence-corrected chi connectivity index (χ4v) is 3.71. The first-order chi connectivity index (χ1) is 13.1. The molecule has 1 unspecified atom stereocenters. The minimum atomic E-state index is -0.278. The Labute approximate surface area is 157 Å². The van der Waals surface area contributed by atoms with Crippen molar-refractivity contribution < 1.29 is 9.18 Å². The molecule has 0 saturated heterocycles. The van der Waals surface area contributed by atoms with E-state index < -0.39 is 0 Å². The second-order valence-corrected chi connectivity index (χ2v) is 6.87. The first-order valence-corrected chi connectivity index (χ1v) is 8.93. The number of hydrogen-bond donors (Lipinski definition) is 1. The lowest BCUT2D eigenvalue weighted by Gasteiger charge is -2.26. The Bertz CT molecular complexity index is 997. The van der Waals surface area contributed by atoms with E-state index in [-0.39, 0.29) is 17.8 Å². The molecule has 4 rings (SSSR count). The molecule has 1 aliphatic rings. The number of fused-ring (bicyclic) bond motifs is 1. The summed E-state index contributed by atoms with van der Waals surface area (Å²) in [5.41, 5.74) is 10.5. The summed E-state index contributed by atoms with van der Waals surface area (Å²) < 4.78 is 15.3. The predicted molar refractivity (Wildman–Crippen MR) is 101 cm³/mol. The number of halogens is 1. The summed E-state index contributed by atoms with van der Waals surface area (Å²) in [5.74, 6) is -0.298. The minimum Gasteiger partial charge on any atom is -0.330 e. The molecule has 0 saturated carbocycles. The van der Waals surface area contributed by atoms with Crippen LogP contribution in [-0.2, 0) is 20.0 Å². The van der Waals surface area contributed by atoms with Gasteiger partial charge < -0.3 is 10.6 Å². The van der Waals surface area contributed by atoms with Crippen LogP contribution >= 0.6 is 0 Å². The summed E-state index contributed by atoms with van der Waals surface area (Å²) in [6.45, 7) is 0.835. The van der Waals surface area contributed by atoms with Crippen LogP contribution < -0.4 is 5.73 Å². The molecule has 1 atom stereocenters. The highest BCUT2D eigenvalue weighted by molar-refractivity contribution is 5.99. The van der Waals surface area contributed by atoms with E-state index >= 15 is 0 Å². The van der Waals surface area contributed by atoms with Crippen LogP contribution in [-0.4, -0.2) is 33.2 Å². The Morgan fingerprint density at radius 1 is 1.22 bits per heavy atom. The highest BCUT2D eigenvalue weighted by Crippen LogP contribution is 2.30. The van der Waals surface area contributed by atoms with E-state index in [9.17, 15) is 9.18 Å². The Morgan fingerprint density at radius 2 is 2.07 bits per heavy atom. The van der Waals surface area contributed by atoms with E-state index in [1.165, 1.54) is 12.1 Å². The molecular formula is C21H21FN4O. The largest absolute Gasteiger partial charge is 0.330 e. The second-order valence-electron chi connectivity index (χ2n) is 6.87. The number of aromatic nitrogens is 2. The van der Waals surface area contributed by atoms with Crippen LogP contribution in [0.25, 0.3) is 11.3 Å². The fourth-order valence-electron chi connectivity index (χ4n) is 3.71. The van der Waals surface area contributed by atoms with Crippen LogP contribution in [0.3, 0.4) is 0 Å². The van der Waals surface area contributed by atoms with Crippen molar-refractivity contribution in [2.75, 3.05) is 6.54 Å². The zero-order chi connectivity index (χ0) is 19.0. The summed E-state index contributed by atoms with van der Waals surface area (Å²) in [5, 5.41) is 4.20. The quantitative estimate of drug-likeness (QED) is 0.757. The van der Waals surface area contributed by atoms with Gasteiger partial charge in [0.1, 0.15) is 5.82 Å². The molecule has 5 nitrogen and oxygen atoms in total. The Hall–Kier alpha value is -2.99. The number of nitrogens with two attached hydrogens (primary N) is 1. The monoisotopic (exact) mass is 364 g/mol. The number of amides is 1. The standard InChI is InChI=1S/C21H21FN4O/c1-25-20(7-8-24-25)15-5-6-19-16(11-15)13-26(21(19)27)18(12-23)10-14-3-2-4-17(22)9-14/h2-9,11,18H,10,12-13,23H2,1H3. The maximum atomic E-state index is 13.5. The lowest BCUT2D eigenvalue weighted by molar-refractivity contribution is 0.0708. The van der Waals surface area contributed by atoms with Crippen molar-refractivity contribution in [2.24, 2.45) is 12.8 Å². The van der Waals surface area contributed by atoms with Crippen LogP contribution in [0, 0.1) is 5.82 Å². The molecule has 0 radical (unpaired) electrons. The van der Waals surface area contributed by atoms with Crippen molar-refractivity contribution in [3.05, 3.63) is 77.2 Å². The molecule has 2 N–H and O–H groups in total. The van der Waals surface area contributed by atoms with Crippen molar-refractivity contribution in [2.45, 2.75) is 19.0 Å². The molecule has 1 aliphatic heterocycles. The number of rotatable bonds is 5. The molecule has 1 aromatic heterocycles. The molecular weight excluding hydrogens is 343 g/mol. The van der Waals surface area contributed by atoms with Crippen LogP contribution in [0.1, 0.15) is 21.5 Å². The molecule has 0 fully saturated rings. The normalized spacial score (nSPS) is 14.5. The minimum absolute atomic E-state index is 0.0200. The van der Waals surface area contributed by atoms with Gasteiger partial charge in [-0.1, -0.05) is 18.2 Å². The summed E-state index contributed by atoms with van der Waals surface area (Å²) in [4.78, 5) is 14.7. The number of hydrogen-bond acceptors (Lipinski definition) is 3. The molecule has 2 aromatic carbocycles. The third-order valence-electron chi connectivity index (χ3n) is 5.13. The van der Waals surface area contributed by atoms with Crippen molar-refractivity contribution in [3.63, 3.8) is 0 Å². The van der Waals surface area contributed by atoms with Gasteiger partial charge in [0.05, 0.1) is 5.69 Å². The summed E-state index contributed by atoms with van der Waals surface area (Å²) in [7, 11) is 1.89. The first-order valence-electron chi connectivity index (χ1n) is 8.93. The van der Waals surface area contributed by atoms with Gasteiger partial charge in [-0.05, 0) is 47.9 Å². The third kappa shape index (κ3) is 3.24. The fraction of sp³-hybridized carbons (Fsp3) is 0.238. The van der Waals surface area contributed by atoms with Crippen molar-refractivity contribution in [1.29, 1.82) is 0 Å². The summed E-state index contributed by atoms with van der Waals surface area (Å²) in [6.07, 6.45) is 2.28. The molecule has 2 heterocycles. The van der Waals surface area contributed by atoms with Gasteiger partial charge in [-0.25, -0.2) is 4.39 Å². The maximum Gasteiger partial charge on any atom is 0.254 e. The lowest BCUT2D eigenvalue weighted by atomic mass is 10.0. The third-order valence-corrected chi connectivity index (χ3v) is 5.13. The number of carbonyl (C=O) groups excluding carboxylic acids is 1. The molecule has 27 heavy (non-hydrogen) atoms. The van der Waals surface area contributed by atoms with Gasteiger partial charge >= 0.3 is 0 Å². The van der Waals surface area contributed by atoms with Gasteiger partial charge in [0.15, 0.2) is 0 Å². The van der Waals surface area contributed by atoms with E-state index in [2.05, 4.69) is 5.10 Å². The van der Waals surface area contributed by atoms with Gasteiger partial charge in [-0.15, -0.1) is 0 Å². The van der Waals surface area contributed by atoms with Crippen LogP contribution in [0.2, 0.25) is 0 Å². The smallest absolute Gasteiger partial charge is 0.254 e. The average molecular weight is 364 g/mol. The van der Waals surface area contributed by atoms with Gasteiger partial charge in [0.2, 0.25) is 0 Å². The molecule has 0 spiro atoms. The Morgan fingerprint density at radius 3 is 2.78 bits per heavy atom. The van der Waals surface area contributed by atoms with Gasteiger partial charge in [0, 0.05) is 43.5 Å². The van der Waals surface area contributed by atoms with Crippen LogP contribution in [0.15, 0.2) is 54.7 Å². The summed E-state index contributed by atoms with van der Waals surface area (Å²) >= 11 is 0. The van der Waals surface area contributed by atoms with Gasteiger partial charge in [-0.3, -0.25) is 9.48 Å². The molecule has 0 bridgehead atoms. The van der Waals surface area contributed by atoms with E-state index in [4.69, 9.17) is 5.73 Å². The van der Waals surface area contributed by atoms with Crippen LogP contribution in [0.4, 0.5) is 4.39 Å². The molecule has 3 aromatic rings. The van der Waals surface area contributed by atoms with E-state index in [0.29, 0.717) is 25.1 Å². The number of benzene rings is 2. The lowest BCUT2D eigenvalue weighted by Crippen LogP contribution is -2.42. The molecule has 1 amide bonds. The topological polar surface area (TPSA) is 64.2 Å². The van der Waals surface area contributed by atoms with Crippen molar-refractivity contribution in [1.82, 2.24) is 14.7 Å². The average Bonchev–Trinajstić information content (AvgIpc) is 3.23. The maximum absolute atomic E-state index is 13.5. The number of carbonyl (C=O) groups is 1. The predicted octanol–water partition coefficient (Wildman–Crippen LogP) is 2.75. The molecule has 138 valence electrons. The Kier molecular flexibility index (Phi) is 4.49.